The van der Waals surface area contributed by atoms with Crippen LogP contribution in [0.1, 0.15) is 31.7 Å². The molecule has 3 heteroatoms. The smallest absolute Gasteiger partial charge is 0.200 e. The number of anilines is 1. The van der Waals surface area contributed by atoms with Crippen molar-refractivity contribution < 1.29 is 0 Å². The average molecular weight is 229 g/mol. The number of hydrogen-bond acceptors (Lipinski definition) is 2. The first-order valence-electron chi connectivity index (χ1n) is 6.07. The third kappa shape index (κ3) is 2.49. The van der Waals surface area contributed by atoms with Gasteiger partial charge in [0.05, 0.1) is 11.9 Å². The monoisotopic (exact) mass is 229 g/mol. The quantitative estimate of drug-likeness (QED) is 0.840. The molecule has 0 bridgehead atoms. The van der Waals surface area contributed by atoms with Crippen LogP contribution in [0.15, 0.2) is 30.5 Å². The Balaban J connectivity index is 2.22. The summed E-state index contributed by atoms with van der Waals surface area (Å²) >= 11 is 0. The van der Waals surface area contributed by atoms with Gasteiger partial charge in [-0.25, -0.2) is 4.98 Å². The van der Waals surface area contributed by atoms with Gasteiger partial charge in [0.2, 0.25) is 0 Å². The lowest BCUT2D eigenvalue weighted by Gasteiger charge is -2.09. The SMILES string of the molecule is CCC(C)c1ccc(-c2cnc(NC)[nH]2)cc1. The molecule has 0 saturated carbocycles. The van der Waals surface area contributed by atoms with E-state index in [0.717, 1.165) is 11.6 Å². The Kier molecular flexibility index (Phi) is 3.47. The highest BCUT2D eigenvalue weighted by molar-refractivity contribution is 5.60. The first kappa shape index (κ1) is 11.7. The number of aromatic nitrogens is 2. The summed E-state index contributed by atoms with van der Waals surface area (Å²) in [6.07, 6.45) is 3.03. The lowest BCUT2D eigenvalue weighted by Crippen LogP contribution is -1.91. The number of nitrogens with one attached hydrogen (secondary N) is 2. The standard InChI is InChI=1S/C14H19N3/c1-4-10(2)11-5-7-12(8-6-11)13-9-16-14(15-3)17-13/h5-10H,4H2,1-3H3,(H2,15,16,17). The summed E-state index contributed by atoms with van der Waals surface area (Å²) < 4.78 is 0. The van der Waals surface area contributed by atoms with E-state index in [2.05, 4.69) is 53.4 Å². The van der Waals surface area contributed by atoms with Crippen molar-refractivity contribution >= 4 is 5.95 Å². The lowest BCUT2D eigenvalue weighted by atomic mass is 9.97. The fourth-order valence-corrected chi connectivity index (χ4v) is 1.82. The highest BCUT2D eigenvalue weighted by Crippen LogP contribution is 2.23. The first-order valence-corrected chi connectivity index (χ1v) is 6.07. The molecule has 0 radical (unpaired) electrons. The van der Waals surface area contributed by atoms with Crippen molar-refractivity contribution in [1.29, 1.82) is 0 Å². The summed E-state index contributed by atoms with van der Waals surface area (Å²) in [4.78, 5) is 7.44. The van der Waals surface area contributed by atoms with Crippen LogP contribution in [0.4, 0.5) is 5.95 Å². The molecule has 17 heavy (non-hydrogen) atoms. The van der Waals surface area contributed by atoms with E-state index in [9.17, 15) is 0 Å². The second-order valence-corrected chi connectivity index (χ2v) is 4.33. The molecular weight excluding hydrogens is 210 g/mol. The Bertz CT molecular complexity index is 470. The van der Waals surface area contributed by atoms with Gasteiger partial charge >= 0.3 is 0 Å². The predicted molar refractivity (Wildman–Crippen MR) is 72.3 cm³/mol. The van der Waals surface area contributed by atoms with E-state index in [1.807, 2.05) is 13.2 Å². The molecule has 0 aliphatic carbocycles. The van der Waals surface area contributed by atoms with Crippen LogP contribution in [0, 0.1) is 0 Å². The zero-order chi connectivity index (χ0) is 12.3. The molecule has 1 unspecified atom stereocenters. The molecule has 2 aromatic rings. The van der Waals surface area contributed by atoms with Crippen LogP contribution in [0.3, 0.4) is 0 Å². The van der Waals surface area contributed by atoms with Gasteiger partial charge in [-0.3, -0.25) is 0 Å². The fraction of sp³-hybridized carbons (Fsp3) is 0.357. The summed E-state index contributed by atoms with van der Waals surface area (Å²) in [6, 6.07) is 8.69. The van der Waals surface area contributed by atoms with Gasteiger partial charge in [-0.15, -0.1) is 0 Å². The van der Waals surface area contributed by atoms with Crippen LogP contribution >= 0.6 is 0 Å². The zero-order valence-corrected chi connectivity index (χ0v) is 10.6. The summed E-state index contributed by atoms with van der Waals surface area (Å²) in [5.41, 5.74) is 3.61. The van der Waals surface area contributed by atoms with E-state index in [4.69, 9.17) is 0 Å². The topological polar surface area (TPSA) is 40.7 Å². The number of benzene rings is 1. The molecule has 0 amide bonds. The molecular formula is C14H19N3. The predicted octanol–water partition coefficient (Wildman–Crippen LogP) is 3.63. The van der Waals surface area contributed by atoms with Gasteiger partial charge in [0.1, 0.15) is 0 Å². The Hall–Kier alpha value is -1.77. The van der Waals surface area contributed by atoms with E-state index in [-0.39, 0.29) is 0 Å². The van der Waals surface area contributed by atoms with Crippen LogP contribution < -0.4 is 5.32 Å². The van der Waals surface area contributed by atoms with Crippen LogP contribution in [-0.2, 0) is 0 Å². The Morgan fingerprint density at radius 1 is 1.29 bits per heavy atom. The molecule has 90 valence electrons. The highest BCUT2D eigenvalue weighted by Gasteiger charge is 2.05. The van der Waals surface area contributed by atoms with Gasteiger partial charge in [0.15, 0.2) is 5.95 Å². The van der Waals surface area contributed by atoms with Gasteiger partial charge in [0.25, 0.3) is 0 Å². The summed E-state index contributed by atoms with van der Waals surface area (Å²) in [6.45, 7) is 4.47. The lowest BCUT2D eigenvalue weighted by molar-refractivity contribution is 0.734. The molecule has 2 N–H and O–H groups in total. The average Bonchev–Trinajstić information content (AvgIpc) is 2.87. The minimum atomic E-state index is 0.624. The maximum absolute atomic E-state index is 4.22. The van der Waals surface area contributed by atoms with E-state index >= 15 is 0 Å². The van der Waals surface area contributed by atoms with E-state index in [1.165, 1.54) is 17.5 Å². The number of imidazole rings is 1. The third-order valence-corrected chi connectivity index (χ3v) is 3.22. The normalized spacial score (nSPS) is 12.4. The van der Waals surface area contributed by atoms with Crippen molar-refractivity contribution in [3.63, 3.8) is 0 Å². The number of H-pyrrole nitrogens is 1. The number of aromatic amines is 1. The van der Waals surface area contributed by atoms with Crippen molar-refractivity contribution in [1.82, 2.24) is 9.97 Å². The molecule has 1 aromatic carbocycles. The van der Waals surface area contributed by atoms with Crippen molar-refractivity contribution in [2.75, 3.05) is 12.4 Å². The molecule has 3 nitrogen and oxygen atoms in total. The minimum absolute atomic E-state index is 0.624. The van der Waals surface area contributed by atoms with Gasteiger partial charge in [0, 0.05) is 7.05 Å². The van der Waals surface area contributed by atoms with Crippen molar-refractivity contribution in [2.24, 2.45) is 0 Å². The van der Waals surface area contributed by atoms with Crippen molar-refractivity contribution in [3.05, 3.63) is 36.0 Å². The molecule has 0 aliphatic heterocycles. The number of nitrogens with zero attached hydrogens (tertiary/aromatic N) is 1. The molecule has 2 rings (SSSR count). The van der Waals surface area contributed by atoms with Gasteiger partial charge in [-0.2, -0.15) is 0 Å². The molecule has 1 atom stereocenters. The first-order chi connectivity index (χ1) is 8.24. The van der Waals surface area contributed by atoms with E-state index in [0.29, 0.717) is 5.92 Å². The molecule has 1 heterocycles. The van der Waals surface area contributed by atoms with Crippen LogP contribution in [0.25, 0.3) is 11.3 Å². The maximum atomic E-state index is 4.22. The maximum Gasteiger partial charge on any atom is 0.200 e. The molecule has 0 aliphatic rings. The largest absolute Gasteiger partial charge is 0.359 e. The number of rotatable bonds is 4. The zero-order valence-electron chi connectivity index (χ0n) is 10.6. The van der Waals surface area contributed by atoms with Crippen LogP contribution in [0.5, 0.6) is 0 Å². The molecule has 0 saturated heterocycles. The Morgan fingerprint density at radius 2 is 2.00 bits per heavy atom. The Morgan fingerprint density at radius 3 is 2.53 bits per heavy atom. The molecule has 0 spiro atoms. The van der Waals surface area contributed by atoms with Gasteiger partial charge in [-0.1, -0.05) is 38.1 Å². The van der Waals surface area contributed by atoms with Crippen LogP contribution in [0.2, 0.25) is 0 Å². The highest BCUT2D eigenvalue weighted by atomic mass is 15.1. The van der Waals surface area contributed by atoms with Crippen LogP contribution in [-0.4, -0.2) is 17.0 Å². The van der Waals surface area contributed by atoms with E-state index < -0.39 is 0 Å². The van der Waals surface area contributed by atoms with Crippen molar-refractivity contribution in [2.45, 2.75) is 26.2 Å². The summed E-state index contributed by atoms with van der Waals surface area (Å²) in [5, 5.41) is 2.99. The molecule has 0 fully saturated rings. The van der Waals surface area contributed by atoms with Gasteiger partial charge in [-0.05, 0) is 23.5 Å². The fourth-order valence-electron chi connectivity index (χ4n) is 1.82. The second-order valence-electron chi connectivity index (χ2n) is 4.33. The summed E-state index contributed by atoms with van der Waals surface area (Å²) in [7, 11) is 1.86. The second kappa shape index (κ2) is 5.04. The van der Waals surface area contributed by atoms with E-state index in [1.54, 1.807) is 0 Å². The van der Waals surface area contributed by atoms with Crippen molar-refractivity contribution in [3.8, 4) is 11.3 Å². The van der Waals surface area contributed by atoms with Gasteiger partial charge < -0.3 is 10.3 Å². The Labute approximate surface area is 102 Å². The molecule has 1 aromatic heterocycles. The third-order valence-electron chi connectivity index (χ3n) is 3.22. The summed E-state index contributed by atoms with van der Waals surface area (Å²) in [5.74, 6) is 1.42. The minimum Gasteiger partial charge on any atom is -0.359 e. The number of hydrogen-bond donors (Lipinski definition) is 2.